The zero-order valence-corrected chi connectivity index (χ0v) is 18.8. The molecule has 33 heavy (non-hydrogen) atoms. The van der Waals surface area contributed by atoms with Gasteiger partial charge in [0.05, 0.1) is 0 Å². The van der Waals surface area contributed by atoms with E-state index in [0.717, 1.165) is 0 Å². The van der Waals surface area contributed by atoms with Gasteiger partial charge < -0.3 is 15.2 Å². The number of β-lactam (4-membered cyclic amide) rings is 1. The highest BCUT2D eigenvalue weighted by molar-refractivity contribution is 8.01. The van der Waals surface area contributed by atoms with Crippen LogP contribution in [0.5, 0.6) is 0 Å². The molecule has 0 radical (unpaired) electrons. The van der Waals surface area contributed by atoms with E-state index in [1.807, 2.05) is 0 Å². The highest BCUT2D eigenvalue weighted by Crippen LogP contribution is 2.41. The Bertz CT molecular complexity index is 1120. The maximum Gasteiger partial charge on any atom is 0.352 e. The Morgan fingerprint density at radius 1 is 1.39 bits per heavy atom. The first-order valence-corrected chi connectivity index (χ1v) is 11.7. The lowest BCUT2D eigenvalue weighted by Gasteiger charge is -2.49. The summed E-state index contributed by atoms with van der Waals surface area (Å²) in [4.78, 5) is 49.7. The number of rotatable bonds is 9. The number of fused-ring (bicyclic) bond motifs is 1. The summed E-state index contributed by atoms with van der Waals surface area (Å²) in [6.07, 6.45) is -1.22. The predicted octanol–water partition coefficient (Wildman–Crippen LogP) is -0.0449. The first kappa shape index (κ1) is 22.8. The SMILES string of the molecule is Cn1nnnc1SCC1=C(C(=O)O)N2C(=O)[C@H](NC(=O)C(OC=O)c3ccccc3)[C@@H]2SC1. The largest absolute Gasteiger partial charge is 0.477 e. The molecule has 1 saturated heterocycles. The van der Waals surface area contributed by atoms with Crippen molar-refractivity contribution in [3.05, 3.63) is 47.2 Å². The number of carbonyl (C=O) groups excluding carboxylic acids is 3. The molecule has 0 bridgehead atoms. The van der Waals surface area contributed by atoms with E-state index < -0.39 is 35.3 Å². The molecular formula is C19H18N6O6S2. The number of aliphatic carboxylic acids is 1. The van der Waals surface area contributed by atoms with Crippen LogP contribution in [0.1, 0.15) is 11.7 Å². The molecule has 12 nitrogen and oxygen atoms in total. The van der Waals surface area contributed by atoms with Crippen LogP contribution in [-0.4, -0.2) is 77.4 Å². The van der Waals surface area contributed by atoms with Crippen LogP contribution in [0, 0.1) is 0 Å². The third-order valence-electron chi connectivity index (χ3n) is 5.04. The molecule has 1 unspecified atom stereocenters. The number of aromatic nitrogens is 4. The quantitative estimate of drug-likeness (QED) is 0.276. The number of ether oxygens (including phenoxy) is 1. The number of tetrazole rings is 1. The second-order valence-electron chi connectivity index (χ2n) is 7.05. The highest BCUT2D eigenvalue weighted by Gasteiger charge is 2.54. The van der Waals surface area contributed by atoms with Gasteiger partial charge >= 0.3 is 5.97 Å². The number of carbonyl (C=O) groups is 4. The summed E-state index contributed by atoms with van der Waals surface area (Å²) >= 11 is 2.61. The summed E-state index contributed by atoms with van der Waals surface area (Å²) < 4.78 is 6.40. The molecule has 2 aliphatic rings. The van der Waals surface area contributed by atoms with Crippen molar-refractivity contribution in [2.45, 2.75) is 22.7 Å². The maximum atomic E-state index is 12.8. The molecule has 1 aromatic carbocycles. The van der Waals surface area contributed by atoms with Gasteiger partial charge in [0.25, 0.3) is 18.3 Å². The van der Waals surface area contributed by atoms with Crippen LogP contribution in [-0.2, 0) is 31.0 Å². The number of carboxylic acids is 1. The lowest BCUT2D eigenvalue weighted by molar-refractivity contribution is -0.154. The number of hydrogen-bond donors (Lipinski definition) is 2. The summed E-state index contributed by atoms with van der Waals surface area (Å²) in [5.41, 5.74) is 0.910. The Morgan fingerprint density at radius 2 is 2.15 bits per heavy atom. The third kappa shape index (κ3) is 4.43. The van der Waals surface area contributed by atoms with E-state index in [-0.39, 0.29) is 12.2 Å². The van der Waals surface area contributed by atoms with Crippen molar-refractivity contribution in [1.82, 2.24) is 30.4 Å². The summed E-state index contributed by atoms with van der Waals surface area (Å²) in [6, 6.07) is 7.45. The number of carboxylic acid groups (broad SMARTS) is 1. The minimum atomic E-state index is -1.23. The summed E-state index contributed by atoms with van der Waals surface area (Å²) in [6.45, 7) is 0.170. The second kappa shape index (κ2) is 9.62. The van der Waals surface area contributed by atoms with Gasteiger partial charge in [-0.3, -0.25) is 19.3 Å². The lowest BCUT2D eigenvalue weighted by Crippen LogP contribution is -2.71. The standard InChI is InChI=1S/C19H18N6O6S2/c1-24-19(21-22-23-24)33-8-11-7-32-17-12(16(28)25(17)13(11)18(29)30)20-15(27)14(31-9-26)10-5-3-2-4-6-10/h2-6,9,12,14,17H,7-8H2,1H3,(H,20,27)(H,29,30)/t12-,14?,17-/m0/s1. The Labute approximate surface area is 195 Å². The first-order chi connectivity index (χ1) is 15.9. The first-order valence-electron chi connectivity index (χ1n) is 9.62. The molecule has 4 rings (SSSR count). The zero-order chi connectivity index (χ0) is 23.5. The highest BCUT2D eigenvalue weighted by atomic mass is 32.2. The van der Waals surface area contributed by atoms with Crippen molar-refractivity contribution in [2.75, 3.05) is 11.5 Å². The van der Waals surface area contributed by atoms with Gasteiger partial charge in [0.2, 0.25) is 11.3 Å². The van der Waals surface area contributed by atoms with Crippen molar-refractivity contribution in [2.24, 2.45) is 7.05 Å². The number of nitrogens with one attached hydrogen (secondary N) is 1. The lowest BCUT2D eigenvalue weighted by atomic mass is 10.0. The van der Waals surface area contributed by atoms with Crippen molar-refractivity contribution in [3.63, 3.8) is 0 Å². The molecule has 172 valence electrons. The Hall–Kier alpha value is -3.39. The molecule has 2 aromatic rings. The third-order valence-corrected chi connectivity index (χ3v) is 7.47. The number of amides is 2. The van der Waals surface area contributed by atoms with E-state index in [1.54, 1.807) is 37.4 Å². The molecule has 1 aromatic heterocycles. The Morgan fingerprint density at radius 3 is 2.79 bits per heavy atom. The fraction of sp³-hybridized carbons (Fsp3) is 0.316. The van der Waals surface area contributed by atoms with E-state index in [9.17, 15) is 24.3 Å². The molecule has 1 fully saturated rings. The van der Waals surface area contributed by atoms with E-state index >= 15 is 0 Å². The number of benzene rings is 1. The zero-order valence-electron chi connectivity index (χ0n) is 17.2. The molecule has 3 heterocycles. The van der Waals surface area contributed by atoms with Gasteiger partial charge in [-0.25, -0.2) is 9.48 Å². The van der Waals surface area contributed by atoms with Crippen LogP contribution in [0.2, 0.25) is 0 Å². The molecule has 2 N–H and O–H groups in total. The normalized spacial score (nSPS) is 20.5. The number of thioether (sulfide) groups is 2. The van der Waals surface area contributed by atoms with Crippen LogP contribution in [0.4, 0.5) is 0 Å². The summed E-state index contributed by atoms with van der Waals surface area (Å²) in [5.74, 6) is -1.79. The number of hydrogen-bond acceptors (Lipinski definition) is 10. The van der Waals surface area contributed by atoms with Crippen LogP contribution in [0.15, 0.2) is 46.8 Å². The van der Waals surface area contributed by atoms with E-state index in [0.29, 0.717) is 27.8 Å². The molecule has 3 atom stereocenters. The van der Waals surface area contributed by atoms with Crippen molar-refractivity contribution < 1.29 is 29.0 Å². The van der Waals surface area contributed by atoms with Crippen LogP contribution < -0.4 is 5.32 Å². The smallest absolute Gasteiger partial charge is 0.352 e. The Balaban J connectivity index is 1.48. The van der Waals surface area contributed by atoms with E-state index in [4.69, 9.17) is 4.74 Å². The topological polar surface area (TPSA) is 157 Å². The Kier molecular flexibility index (Phi) is 6.65. The molecule has 14 heteroatoms. The van der Waals surface area contributed by atoms with Crippen LogP contribution in [0.25, 0.3) is 0 Å². The molecular weight excluding hydrogens is 472 g/mol. The van der Waals surface area contributed by atoms with Gasteiger partial charge in [-0.1, -0.05) is 42.1 Å². The molecule has 2 aliphatic heterocycles. The van der Waals surface area contributed by atoms with Crippen molar-refractivity contribution in [3.8, 4) is 0 Å². The van der Waals surface area contributed by atoms with Crippen LogP contribution in [0.3, 0.4) is 0 Å². The van der Waals surface area contributed by atoms with Gasteiger partial charge in [0.15, 0.2) is 0 Å². The fourth-order valence-corrected chi connectivity index (χ4v) is 5.83. The van der Waals surface area contributed by atoms with E-state index in [2.05, 4.69) is 20.8 Å². The average molecular weight is 491 g/mol. The second-order valence-corrected chi connectivity index (χ2v) is 9.10. The molecule has 0 spiro atoms. The van der Waals surface area contributed by atoms with Gasteiger partial charge in [-0.2, -0.15) is 0 Å². The minimum Gasteiger partial charge on any atom is -0.477 e. The van der Waals surface area contributed by atoms with Crippen molar-refractivity contribution in [1.29, 1.82) is 0 Å². The maximum absolute atomic E-state index is 12.8. The van der Waals surface area contributed by atoms with E-state index in [1.165, 1.54) is 33.1 Å². The van der Waals surface area contributed by atoms with Gasteiger partial charge in [-0.05, 0) is 16.0 Å². The van der Waals surface area contributed by atoms with Gasteiger partial charge in [0.1, 0.15) is 17.1 Å². The summed E-state index contributed by atoms with van der Waals surface area (Å²) in [7, 11) is 1.67. The van der Waals surface area contributed by atoms with Gasteiger partial charge in [-0.15, -0.1) is 16.9 Å². The average Bonchev–Trinajstić information content (AvgIpc) is 3.23. The molecule has 0 aliphatic carbocycles. The monoisotopic (exact) mass is 490 g/mol. The minimum absolute atomic E-state index is 0.0966. The number of nitrogens with zero attached hydrogens (tertiary/aromatic N) is 5. The van der Waals surface area contributed by atoms with Gasteiger partial charge in [0, 0.05) is 24.1 Å². The predicted molar refractivity (Wildman–Crippen MR) is 116 cm³/mol. The van der Waals surface area contributed by atoms with Crippen molar-refractivity contribution >= 4 is 47.8 Å². The van der Waals surface area contributed by atoms with Crippen LogP contribution >= 0.6 is 23.5 Å². The molecule has 2 amide bonds. The number of aryl methyl sites for hydroxylation is 1. The summed E-state index contributed by atoms with van der Waals surface area (Å²) in [5, 5.41) is 23.4. The molecule has 0 saturated carbocycles. The fourth-order valence-electron chi connectivity index (χ4n) is 3.49.